The largest absolute Gasteiger partial charge is 0.496 e. The Labute approximate surface area is 138 Å². The van der Waals surface area contributed by atoms with Crippen LogP contribution in [-0.4, -0.2) is 37.7 Å². The Morgan fingerprint density at radius 1 is 1.12 bits per heavy atom. The van der Waals surface area contributed by atoms with Crippen LogP contribution < -0.4 is 4.74 Å². The maximum Gasteiger partial charge on any atom is 0.390 e. The Kier molecular flexibility index (Phi) is 5.49. The summed E-state index contributed by atoms with van der Waals surface area (Å²) in [5.41, 5.74) is 1.90. The quantitative estimate of drug-likeness (QED) is 0.810. The van der Waals surface area contributed by atoms with Gasteiger partial charge in [-0.25, -0.2) is 0 Å². The molecule has 6 heteroatoms. The lowest BCUT2D eigenvalue weighted by atomic mass is 10.0. The third-order valence-corrected chi connectivity index (χ3v) is 3.61. The van der Waals surface area contributed by atoms with Crippen molar-refractivity contribution in [2.45, 2.75) is 12.6 Å². The zero-order valence-corrected chi connectivity index (χ0v) is 13.4. The van der Waals surface area contributed by atoms with E-state index in [0.717, 1.165) is 10.5 Å². The van der Waals surface area contributed by atoms with Crippen molar-refractivity contribution >= 4 is 5.91 Å². The Bertz CT molecular complexity index is 699. The number of amides is 1. The molecule has 0 spiro atoms. The van der Waals surface area contributed by atoms with E-state index in [1.807, 2.05) is 30.3 Å². The third-order valence-electron chi connectivity index (χ3n) is 3.61. The molecule has 0 saturated heterocycles. The van der Waals surface area contributed by atoms with Gasteiger partial charge in [0.2, 0.25) is 0 Å². The van der Waals surface area contributed by atoms with Gasteiger partial charge in [-0.15, -0.1) is 0 Å². The third kappa shape index (κ3) is 4.50. The van der Waals surface area contributed by atoms with Gasteiger partial charge in [0.25, 0.3) is 5.91 Å². The van der Waals surface area contributed by atoms with E-state index in [2.05, 4.69) is 0 Å². The monoisotopic (exact) mass is 337 g/mol. The number of nitrogens with zero attached hydrogens (tertiary/aromatic N) is 1. The van der Waals surface area contributed by atoms with Gasteiger partial charge >= 0.3 is 6.18 Å². The normalized spacial score (nSPS) is 11.2. The number of alkyl halides is 3. The summed E-state index contributed by atoms with van der Waals surface area (Å²) in [7, 11) is 2.89. The van der Waals surface area contributed by atoms with Gasteiger partial charge in [-0.2, -0.15) is 13.2 Å². The standard InChI is InChI=1S/C18H18F3NO2/c1-22(11-10-18(19,20)21)17(23)14-8-9-16(24-2)15(12-14)13-6-4-3-5-7-13/h3-9,12H,10-11H2,1-2H3. The van der Waals surface area contributed by atoms with Crippen molar-refractivity contribution in [3.8, 4) is 16.9 Å². The van der Waals surface area contributed by atoms with E-state index in [9.17, 15) is 18.0 Å². The van der Waals surface area contributed by atoms with Gasteiger partial charge in [-0.05, 0) is 23.8 Å². The van der Waals surface area contributed by atoms with Crippen LogP contribution in [0.25, 0.3) is 11.1 Å². The number of hydrogen-bond donors (Lipinski definition) is 0. The van der Waals surface area contributed by atoms with E-state index in [-0.39, 0.29) is 6.54 Å². The first kappa shape index (κ1) is 17.8. The topological polar surface area (TPSA) is 29.5 Å². The summed E-state index contributed by atoms with van der Waals surface area (Å²) in [5, 5.41) is 0. The van der Waals surface area contributed by atoms with Gasteiger partial charge in [0.05, 0.1) is 13.5 Å². The maximum atomic E-state index is 12.4. The molecule has 2 aromatic rings. The number of carbonyl (C=O) groups is 1. The fraction of sp³-hybridized carbons (Fsp3) is 0.278. The lowest BCUT2D eigenvalue weighted by Gasteiger charge is -2.19. The average molecular weight is 337 g/mol. The van der Waals surface area contributed by atoms with Gasteiger partial charge in [0.15, 0.2) is 0 Å². The first-order valence-corrected chi connectivity index (χ1v) is 7.37. The highest BCUT2D eigenvalue weighted by Crippen LogP contribution is 2.31. The molecule has 2 rings (SSSR count). The van der Waals surface area contributed by atoms with Crippen molar-refractivity contribution in [3.63, 3.8) is 0 Å². The maximum absolute atomic E-state index is 12.4. The highest BCUT2D eigenvalue weighted by atomic mass is 19.4. The zero-order valence-electron chi connectivity index (χ0n) is 13.4. The number of rotatable bonds is 5. The highest BCUT2D eigenvalue weighted by molar-refractivity contribution is 5.96. The molecule has 2 aromatic carbocycles. The summed E-state index contributed by atoms with van der Waals surface area (Å²) >= 11 is 0. The molecule has 0 fully saturated rings. The zero-order chi connectivity index (χ0) is 17.7. The molecule has 0 N–H and O–H groups in total. The minimum atomic E-state index is -4.29. The Hall–Kier alpha value is -2.50. The molecule has 0 aromatic heterocycles. The predicted molar refractivity (Wildman–Crippen MR) is 86.1 cm³/mol. The van der Waals surface area contributed by atoms with Gasteiger partial charge in [0, 0.05) is 24.7 Å². The Morgan fingerprint density at radius 3 is 2.38 bits per heavy atom. The van der Waals surface area contributed by atoms with Crippen LogP contribution in [0.4, 0.5) is 13.2 Å². The molecular formula is C18H18F3NO2. The van der Waals surface area contributed by atoms with Gasteiger partial charge in [-0.1, -0.05) is 30.3 Å². The number of benzene rings is 2. The molecule has 0 atom stereocenters. The molecule has 0 aliphatic heterocycles. The smallest absolute Gasteiger partial charge is 0.390 e. The molecule has 0 aliphatic carbocycles. The summed E-state index contributed by atoms with van der Waals surface area (Å²) in [6.45, 7) is -0.380. The van der Waals surface area contributed by atoms with Crippen LogP contribution in [0.3, 0.4) is 0 Å². The second kappa shape index (κ2) is 7.38. The summed E-state index contributed by atoms with van der Waals surface area (Å²) < 4.78 is 42.2. The molecular weight excluding hydrogens is 319 g/mol. The average Bonchev–Trinajstić information content (AvgIpc) is 2.58. The van der Waals surface area contributed by atoms with Crippen LogP contribution in [0.5, 0.6) is 5.75 Å². The molecule has 3 nitrogen and oxygen atoms in total. The number of ether oxygens (including phenoxy) is 1. The molecule has 128 valence electrons. The fourth-order valence-corrected chi connectivity index (χ4v) is 2.30. The summed E-state index contributed by atoms with van der Waals surface area (Å²) in [6, 6.07) is 14.2. The lowest BCUT2D eigenvalue weighted by Crippen LogP contribution is -2.30. The van der Waals surface area contributed by atoms with E-state index in [0.29, 0.717) is 16.9 Å². The predicted octanol–water partition coefficient (Wildman–Crippen LogP) is 4.39. The van der Waals surface area contributed by atoms with Crippen molar-refractivity contribution in [2.75, 3.05) is 20.7 Å². The number of halogens is 3. The van der Waals surface area contributed by atoms with Crippen molar-refractivity contribution in [1.82, 2.24) is 4.90 Å². The first-order chi connectivity index (χ1) is 11.3. The van der Waals surface area contributed by atoms with Crippen molar-refractivity contribution in [3.05, 3.63) is 54.1 Å². The molecule has 0 aliphatic rings. The Balaban J connectivity index is 2.26. The first-order valence-electron chi connectivity index (χ1n) is 7.37. The number of methoxy groups -OCH3 is 1. The molecule has 0 unspecified atom stereocenters. The summed E-state index contributed by atoms with van der Waals surface area (Å²) in [6.07, 6.45) is -5.32. The van der Waals surface area contributed by atoms with Crippen molar-refractivity contribution < 1.29 is 22.7 Å². The molecule has 24 heavy (non-hydrogen) atoms. The molecule has 0 bridgehead atoms. The minimum Gasteiger partial charge on any atom is -0.496 e. The van der Waals surface area contributed by atoms with Crippen LogP contribution in [-0.2, 0) is 0 Å². The highest BCUT2D eigenvalue weighted by Gasteiger charge is 2.28. The van der Waals surface area contributed by atoms with Gasteiger partial charge in [-0.3, -0.25) is 4.79 Å². The van der Waals surface area contributed by atoms with E-state index in [4.69, 9.17) is 4.74 Å². The molecule has 1 amide bonds. The van der Waals surface area contributed by atoms with Crippen molar-refractivity contribution in [2.24, 2.45) is 0 Å². The van der Waals surface area contributed by atoms with Crippen molar-refractivity contribution in [1.29, 1.82) is 0 Å². The minimum absolute atomic E-state index is 0.319. The van der Waals surface area contributed by atoms with E-state index >= 15 is 0 Å². The lowest BCUT2D eigenvalue weighted by molar-refractivity contribution is -0.136. The molecule has 0 heterocycles. The van der Waals surface area contributed by atoms with Crippen LogP contribution >= 0.6 is 0 Å². The van der Waals surface area contributed by atoms with Crippen LogP contribution in [0.2, 0.25) is 0 Å². The summed E-state index contributed by atoms with van der Waals surface area (Å²) in [5.74, 6) is 0.134. The molecule has 0 saturated carbocycles. The Morgan fingerprint density at radius 2 is 1.79 bits per heavy atom. The summed E-state index contributed by atoms with van der Waals surface area (Å²) in [4.78, 5) is 13.4. The number of hydrogen-bond acceptors (Lipinski definition) is 2. The van der Waals surface area contributed by atoms with Crippen LogP contribution in [0, 0.1) is 0 Å². The van der Waals surface area contributed by atoms with E-state index in [1.54, 1.807) is 18.2 Å². The van der Waals surface area contributed by atoms with E-state index < -0.39 is 18.5 Å². The fourth-order valence-electron chi connectivity index (χ4n) is 2.30. The number of carbonyl (C=O) groups excluding carboxylic acids is 1. The van der Waals surface area contributed by atoms with Crippen LogP contribution in [0.1, 0.15) is 16.8 Å². The second-order valence-corrected chi connectivity index (χ2v) is 5.37. The SMILES string of the molecule is COc1ccc(C(=O)N(C)CCC(F)(F)F)cc1-c1ccccc1. The molecule has 0 radical (unpaired) electrons. The second-order valence-electron chi connectivity index (χ2n) is 5.37. The van der Waals surface area contributed by atoms with Gasteiger partial charge < -0.3 is 9.64 Å². The van der Waals surface area contributed by atoms with Gasteiger partial charge in [0.1, 0.15) is 5.75 Å². The van der Waals surface area contributed by atoms with Crippen LogP contribution in [0.15, 0.2) is 48.5 Å². The van der Waals surface area contributed by atoms with E-state index in [1.165, 1.54) is 14.2 Å².